The van der Waals surface area contributed by atoms with Gasteiger partial charge < -0.3 is 15.5 Å². The van der Waals surface area contributed by atoms with Crippen LogP contribution in [0.2, 0.25) is 0 Å². The molecule has 6 heteroatoms. The van der Waals surface area contributed by atoms with E-state index < -0.39 is 0 Å². The van der Waals surface area contributed by atoms with Crippen molar-refractivity contribution in [1.29, 1.82) is 0 Å². The maximum absolute atomic E-state index is 6.03. The number of nitrogens with zero attached hydrogens (tertiary/aromatic N) is 4. The van der Waals surface area contributed by atoms with Gasteiger partial charge in [0.1, 0.15) is 0 Å². The minimum atomic E-state index is 0.811. The van der Waals surface area contributed by atoms with Gasteiger partial charge in [-0.05, 0) is 34.7 Å². The molecule has 2 N–H and O–H groups in total. The third-order valence-electron chi connectivity index (χ3n) is 3.45. The summed E-state index contributed by atoms with van der Waals surface area (Å²) in [7, 11) is 0. The first-order valence-electron chi connectivity index (χ1n) is 6.56. The summed E-state index contributed by atoms with van der Waals surface area (Å²) in [6.45, 7) is 3.69. The Morgan fingerprint density at radius 2 is 1.55 bits per heavy atom. The van der Waals surface area contributed by atoms with E-state index in [1.54, 1.807) is 0 Å². The SMILES string of the molecule is Nc1ccccc1N1CCN(c2ncc(I)cn2)CC1. The quantitative estimate of drug-likeness (QED) is 0.637. The van der Waals surface area contributed by atoms with Crippen molar-refractivity contribution < 1.29 is 0 Å². The highest BCUT2D eigenvalue weighted by Gasteiger charge is 2.20. The molecule has 1 aliphatic rings. The number of hydrogen-bond acceptors (Lipinski definition) is 5. The molecule has 2 aromatic rings. The minimum absolute atomic E-state index is 0.811. The number of piperazine rings is 1. The summed E-state index contributed by atoms with van der Waals surface area (Å²) in [6.07, 6.45) is 3.70. The average Bonchev–Trinajstić information content (AvgIpc) is 2.49. The van der Waals surface area contributed by atoms with Crippen molar-refractivity contribution in [2.45, 2.75) is 0 Å². The highest BCUT2D eigenvalue weighted by atomic mass is 127. The van der Waals surface area contributed by atoms with E-state index in [4.69, 9.17) is 5.73 Å². The summed E-state index contributed by atoms with van der Waals surface area (Å²) < 4.78 is 1.06. The van der Waals surface area contributed by atoms with Crippen LogP contribution in [-0.2, 0) is 0 Å². The number of nitrogen functional groups attached to an aromatic ring is 1. The van der Waals surface area contributed by atoms with E-state index in [1.165, 1.54) is 0 Å². The van der Waals surface area contributed by atoms with Crippen molar-refractivity contribution in [2.24, 2.45) is 0 Å². The van der Waals surface area contributed by atoms with Crippen molar-refractivity contribution >= 4 is 39.9 Å². The van der Waals surface area contributed by atoms with Crippen molar-refractivity contribution in [3.63, 3.8) is 0 Å². The Labute approximate surface area is 132 Å². The van der Waals surface area contributed by atoms with Crippen molar-refractivity contribution in [2.75, 3.05) is 41.7 Å². The van der Waals surface area contributed by atoms with Crippen LogP contribution in [0.4, 0.5) is 17.3 Å². The first-order valence-corrected chi connectivity index (χ1v) is 7.64. The number of benzene rings is 1. The summed E-state index contributed by atoms with van der Waals surface area (Å²) in [5.74, 6) is 0.811. The molecule has 0 bridgehead atoms. The van der Waals surface area contributed by atoms with Crippen LogP contribution in [-0.4, -0.2) is 36.1 Å². The molecule has 0 unspecified atom stereocenters. The molecule has 0 amide bonds. The molecule has 0 saturated carbocycles. The van der Waals surface area contributed by atoms with Crippen LogP contribution in [0.25, 0.3) is 0 Å². The van der Waals surface area contributed by atoms with Crippen LogP contribution in [0.3, 0.4) is 0 Å². The Morgan fingerprint density at radius 3 is 2.20 bits per heavy atom. The molecule has 0 spiro atoms. The Morgan fingerprint density at radius 1 is 0.950 bits per heavy atom. The molecule has 1 fully saturated rings. The Bertz CT molecular complexity index is 578. The van der Waals surface area contributed by atoms with Crippen LogP contribution >= 0.6 is 22.6 Å². The number of nitrogens with two attached hydrogens (primary N) is 1. The maximum atomic E-state index is 6.03. The Hall–Kier alpha value is -1.57. The van der Waals surface area contributed by atoms with E-state index in [2.05, 4.69) is 48.4 Å². The zero-order valence-electron chi connectivity index (χ0n) is 11.0. The third kappa shape index (κ3) is 2.79. The number of halogens is 1. The van der Waals surface area contributed by atoms with Gasteiger partial charge in [0.05, 0.1) is 11.4 Å². The van der Waals surface area contributed by atoms with Crippen LogP contribution in [0, 0.1) is 3.57 Å². The highest BCUT2D eigenvalue weighted by Crippen LogP contribution is 2.24. The first kappa shape index (κ1) is 13.4. The molecule has 5 nitrogen and oxygen atoms in total. The van der Waals surface area contributed by atoms with Crippen LogP contribution in [0.1, 0.15) is 0 Å². The molecule has 0 aliphatic carbocycles. The second-order valence-electron chi connectivity index (χ2n) is 4.73. The lowest BCUT2D eigenvalue weighted by atomic mass is 10.2. The van der Waals surface area contributed by atoms with Gasteiger partial charge in [-0.15, -0.1) is 0 Å². The zero-order valence-corrected chi connectivity index (χ0v) is 13.2. The van der Waals surface area contributed by atoms with Crippen molar-refractivity contribution in [3.8, 4) is 0 Å². The number of aromatic nitrogens is 2. The van der Waals surface area contributed by atoms with Crippen molar-refractivity contribution in [3.05, 3.63) is 40.2 Å². The second-order valence-corrected chi connectivity index (χ2v) is 5.98. The van der Waals surface area contributed by atoms with E-state index >= 15 is 0 Å². The van der Waals surface area contributed by atoms with Crippen molar-refractivity contribution in [1.82, 2.24) is 9.97 Å². The topological polar surface area (TPSA) is 58.3 Å². The van der Waals surface area contributed by atoms with Gasteiger partial charge in [-0.1, -0.05) is 12.1 Å². The second kappa shape index (κ2) is 5.82. The zero-order chi connectivity index (χ0) is 13.9. The molecule has 1 saturated heterocycles. The number of hydrogen-bond donors (Lipinski definition) is 1. The fourth-order valence-corrected chi connectivity index (χ4v) is 2.67. The maximum Gasteiger partial charge on any atom is 0.225 e. The van der Waals surface area contributed by atoms with E-state index in [0.717, 1.165) is 47.1 Å². The fraction of sp³-hybridized carbons (Fsp3) is 0.286. The summed E-state index contributed by atoms with van der Waals surface area (Å²) >= 11 is 2.22. The molecule has 3 rings (SSSR count). The van der Waals surface area contributed by atoms with Gasteiger partial charge in [0.15, 0.2) is 0 Å². The molecule has 20 heavy (non-hydrogen) atoms. The molecular formula is C14H16IN5. The molecule has 2 heterocycles. The summed E-state index contributed by atoms with van der Waals surface area (Å²) in [6, 6.07) is 8.02. The minimum Gasteiger partial charge on any atom is -0.397 e. The largest absolute Gasteiger partial charge is 0.397 e. The molecule has 0 atom stereocenters. The highest BCUT2D eigenvalue weighted by molar-refractivity contribution is 14.1. The van der Waals surface area contributed by atoms with Crippen LogP contribution < -0.4 is 15.5 Å². The van der Waals surface area contributed by atoms with Gasteiger partial charge in [-0.25, -0.2) is 9.97 Å². The molecular weight excluding hydrogens is 365 g/mol. The predicted octanol–water partition coefficient (Wildman–Crippen LogP) is 1.99. The van der Waals surface area contributed by atoms with Gasteiger partial charge in [0, 0.05) is 42.1 Å². The first-order chi connectivity index (χ1) is 9.74. The molecule has 0 radical (unpaired) electrons. The number of anilines is 3. The van der Waals surface area contributed by atoms with Crippen LogP contribution in [0.5, 0.6) is 0 Å². The number of rotatable bonds is 2. The summed E-state index contributed by atoms with van der Waals surface area (Å²) in [5, 5.41) is 0. The third-order valence-corrected chi connectivity index (χ3v) is 4.00. The molecule has 1 aromatic carbocycles. The van der Waals surface area contributed by atoms with Gasteiger partial charge >= 0.3 is 0 Å². The van der Waals surface area contributed by atoms with E-state index in [-0.39, 0.29) is 0 Å². The van der Waals surface area contributed by atoms with Gasteiger partial charge in [0.2, 0.25) is 5.95 Å². The smallest absolute Gasteiger partial charge is 0.225 e. The fourth-order valence-electron chi connectivity index (χ4n) is 2.39. The lowest BCUT2D eigenvalue weighted by molar-refractivity contribution is 0.640. The Balaban J connectivity index is 1.68. The van der Waals surface area contributed by atoms with E-state index in [0.29, 0.717) is 0 Å². The lowest BCUT2D eigenvalue weighted by Crippen LogP contribution is -2.47. The lowest BCUT2D eigenvalue weighted by Gasteiger charge is -2.36. The van der Waals surface area contributed by atoms with Gasteiger partial charge in [-0.2, -0.15) is 0 Å². The molecule has 1 aliphatic heterocycles. The molecule has 1 aromatic heterocycles. The van der Waals surface area contributed by atoms with Crippen LogP contribution in [0.15, 0.2) is 36.7 Å². The van der Waals surface area contributed by atoms with Gasteiger partial charge in [-0.3, -0.25) is 0 Å². The monoisotopic (exact) mass is 381 g/mol. The van der Waals surface area contributed by atoms with Gasteiger partial charge in [0.25, 0.3) is 0 Å². The number of para-hydroxylation sites is 2. The standard InChI is InChI=1S/C14H16IN5/c15-11-9-17-14(18-10-11)20-7-5-19(6-8-20)13-4-2-1-3-12(13)16/h1-4,9-10H,5-8,16H2. The normalized spacial score (nSPS) is 15.4. The van der Waals surface area contributed by atoms with E-state index in [9.17, 15) is 0 Å². The predicted molar refractivity (Wildman–Crippen MR) is 90.0 cm³/mol. The average molecular weight is 381 g/mol. The van der Waals surface area contributed by atoms with E-state index in [1.807, 2.05) is 30.6 Å². The summed E-state index contributed by atoms with van der Waals surface area (Å²) in [4.78, 5) is 13.3. The Kier molecular flexibility index (Phi) is 3.90. The summed E-state index contributed by atoms with van der Waals surface area (Å²) in [5.41, 5.74) is 7.99. The molecule has 104 valence electrons.